The second kappa shape index (κ2) is 9.99. The molecule has 0 bridgehead atoms. The summed E-state index contributed by atoms with van der Waals surface area (Å²) < 4.78 is 31.9. The number of sulfonamides is 1. The molecular formula is C21H22Cl2N2O5S. The number of ether oxygens (including phenoxy) is 1. The van der Waals surface area contributed by atoms with Crippen LogP contribution in [0.3, 0.4) is 0 Å². The lowest BCUT2D eigenvalue weighted by Gasteiger charge is -2.30. The van der Waals surface area contributed by atoms with Crippen molar-refractivity contribution in [3.05, 3.63) is 58.1 Å². The van der Waals surface area contributed by atoms with Crippen LogP contribution in [-0.2, 0) is 24.3 Å². The van der Waals surface area contributed by atoms with Crippen molar-refractivity contribution in [1.29, 1.82) is 0 Å². The van der Waals surface area contributed by atoms with Crippen LogP contribution in [0, 0.1) is 12.8 Å². The molecule has 1 heterocycles. The fourth-order valence-corrected chi connectivity index (χ4v) is 5.13. The molecule has 1 amide bonds. The number of aryl methyl sites for hydroxylation is 1. The molecule has 0 unspecified atom stereocenters. The maximum Gasteiger partial charge on any atom is 0.309 e. The first-order chi connectivity index (χ1) is 14.7. The predicted molar refractivity (Wildman–Crippen MR) is 119 cm³/mol. The van der Waals surface area contributed by atoms with Crippen molar-refractivity contribution in [2.45, 2.75) is 24.7 Å². The molecule has 0 saturated carbocycles. The van der Waals surface area contributed by atoms with Crippen molar-refractivity contribution in [2.24, 2.45) is 5.92 Å². The molecule has 1 fully saturated rings. The van der Waals surface area contributed by atoms with E-state index in [1.807, 2.05) is 6.92 Å². The summed E-state index contributed by atoms with van der Waals surface area (Å²) >= 11 is 11.9. The third kappa shape index (κ3) is 5.98. The fraction of sp³-hybridized carbons (Fsp3) is 0.333. The van der Waals surface area contributed by atoms with Crippen LogP contribution in [0.15, 0.2) is 47.4 Å². The molecule has 10 heteroatoms. The number of halogens is 2. The Balaban J connectivity index is 1.48. The number of nitrogens with one attached hydrogen (secondary N) is 1. The van der Waals surface area contributed by atoms with Crippen molar-refractivity contribution >= 4 is 50.8 Å². The van der Waals surface area contributed by atoms with Crippen molar-refractivity contribution < 1.29 is 22.7 Å². The van der Waals surface area contributed by atoms with E-state index in [0.29, 0.717) is 28.6 Å². The first kappa shape index (κ1) is 23.5. The van der Waals surface area contributed by atoms with E-state index in [9.17, 15) is 18.0 Å². The van der Waals surface area contributed by atoms with Crippen molar-refractivity contribution in [1.82, 2.24) is 4.31 Å². The number of esters is 1. The van der Waals surface area contributed by atoms with Gasteiger partial charge in [-0.2, -0.15) is 4.31 Å². The molecule has 0 radical (unpaired) electrons. The number of rotatable bonds is 6. The van der Waals surface area contributed by atoms with Gasteiger partial charge in [-0.15, -0.1) is 0 Å². The number of hydrogen-bond acceptors (Lipinski definition) is 5. The Bertz CT molecular complexity index is 1070. The summed E-state index contributed by atoms with van der Waals surface area (Å²) in [6.45, 7) is 1.82. The average molecular weight is 485 g/mol. The number of hydrogen-bond donors (Lipinski definition) is 1. The van der Waals surface area contributed by atoms with Gasteiger partial charge in [-0.05, 0) is 61.7 Å². The Morgan fingerprint density at radius 2 is 1.74 bits per heavy atom. The SMILES string of the molecule is Cc1ccc(NC(=O)COC(=O)C2CCN(S(=O)(=O)c3ccc(Cl)cc3)CC2)c(Cl)c1. The van der Waals surface area contributed by atoms with Gasteiger partial charge in [-0.25, -0.2) is 8.42 Å². The van der Waals surface area contributed by atoms with Crippen LogP contribution in [0.5, 0.6) is 0 Å². The van der Waals surface area contributed by atoms with Crippen LogP contribution < -0.4 is 5.32 Å². The summed E-state index contributed by atoms with van der Waals surface area (Å²) in [6, 6.07) is 11.2. The molecule has 0 atom stereocenters. The summed E-state index contributed by atoms with van der Waals surface area (Å²) in [7, 11) is -3.65. The highest BCUT2D eigenvalue weighted by molar-refractivity contribution is 7.89. The molecule has 0 aliphatic carbocycles. The van der Waals surface area contributed by atoms with Crippen LogP contribution in [0.2, 0.25) is 10.0 Å². The quantitative estimate of drug-likeness (QED) is 0.627. The van der Waals surface area contributed by atoms with Crippen LogP contribution in [-0.4, -0.2) is 44.3 Å². The number of carbonyl (C=O) groups excluding carboxylic acids is 2. The number of anilines is 1. The van der Waals surface area contributed by atoms with E-state index in [1.54, 1.807) is 18.2 Å². The molecular weight excluding hydrogens is 463 g/mol. The highest BCUT2D eigenvalue weighted by Gasteiger charge is 2.33. The molecule has 0 aromatic heterocycles. The second-order valence-corrected chi connectivity index (χ2v) is 10.1. The van der Waals surface area contributed by atoms with E-state index in [0.717, 1.165) is 5.56 Å². The minimum absolute atomic E-state index is 0.157. The normalized spacial score (nSPS) is 15.5. The van der Waals surface area contributed by atoms with E-state index >= 15 is 0 Å². The van der Waals surface area contributed by atoms with Crippen LogP contribution >= 0.6 is 23.2 Å². The first-order valence-electron chi connectivity index (χ1n) is 9.65. The number of amides is 1. The Kier molecular flexibility index (Phi) is 7.59. The highest BCUT2D eigenvalue weighted by atomic mass is 35.5. The first-order valence-corrected chi connectivity index (χ1v) is 11.8. The summed E-state index contributed by atoms with van der Waals surface area (Å²) in [5, 5.41) is 3.45. The summed E-state index contributed by atoms with van der Waals surface area (Å²) in [6.07, 6.45) is 0.633. The lowest BCUT2D eigenvalue weighted by Crippen LogP contribution is -2.40. The largest absolute Gasteiger partial charge is 0.455 e. The number of piperidine rings is 1. The molecule has 1 aliphatic heterocycles. The van der Waals surface area contributed by atoms with Crippen LogP contribution in [0.4, 0.5) is 5.69 Å². The summed E-state index contributed by atoms with van der Waals surface area (Å²) in [5.74, 6) is -1.48. The zero-order valence-corrected chi connectivity index (χ0v) is 19.1. The standard InChI is InChI=1S/C21H22Cl2N2O5S/c1-14-2-7-19(18(23)12-14)24-20(26)13-30-21(27)15-8-10-25(11-9-15)31(28,29)17-5-3-16(22)4-6-17/h2-7,12,15H,8-11,13H2,1H3,(H,24,26). The molecule has 166 valence electrons. The smallest absolute Gasteiger partial charge is 0.309 e. The van der Waals surface area contributed by atoms with Gasteiger partial charge in [0, 0.05) is 18.1 Å². The predicted octanol–water partition coefficient (Wildman–Crippen LogP) is 3.88. The Labute approximate surface area is 191 Å². The Hall–Kier alpha value is -2.13. The molecule has 1 saturated heterocycles. The molecule has 0 spiro atoms. The van der Waals surface area contributed by atoms with E-state index < -0.39 is 34.4 Å². The van der Waals surface area contributed by atoms with E-state index in [4.69, 9.17) is 27.9 Å². The third-order valence-corrected chi connectivity index (χ3v) is 7.46. The van der Waals surface area contributed by atoms with Gasteiger partial charge < -0.3 is 10.1 Å². The van der Waals surface area contributed by atoms with Gasteiger partial charge in [-0.3, -0.25) is 9.59 Å². The molecule has 3 rings (SSSR count). The van der Waals surface area contributed by atoms with E-state index in [1.165, 1.54) is 28.6 Å². The maximum atomic E-state index is 12.7. The minimum Gasteiger partial charge on any atom is -0.455 e. The van der Waals surface area contributed by atoms with Gasteiger partial charge in [0.15, 0.2) is 6.61 Å². The lowest BCUT2D eigenvalue weighted by molar-refractivity contribution is -0.152. The van der Waals surface area contributed by atoms with Gasteiger partial charge in [0.1, 0.15) is 0 Å². The minimum atomic E-state index is -3.65. The Morgan fingerprint density at radius 1 is 1.10 bits per heavy atom. The van der Waals surface area contributed by atoms with Gasteiger partial charge in [0.2, 0.25) is 10.0 Å². The lowest BCUT2D eigenvalue weighted by atomic mass is 9.98. The van der Waals surface area contributed by atoms with E-state index in [-0.39, 0.29) is 18.0 Å². The molecule has 1 aliphatic rings. The van der Waals surface area contributed by atoms with Crippen molar-refractivity contribution in [3.8, 4) is 0 Å². The average Bonchev–Trinajstić information content (AvgIpc) is 2.74. The third-order valence-electron chi connectivity index (χ3n) is 4.98. The summed E-state index contributed by atoms with van der Waals surface area (Å²) in [5.41, 5.74) is 1.40. The molecule has 2 aromatic carbocycles. The monoisotopic (exact) mass is 484 g/mol. The number of carbonyl (C=O) groups is 2. The molecule has 2 aromatic rings. The highest BCUT2D eigenvalue weighted by Crippen LogP contribution is 2.26. The molecule has 31 heavy (non-hydrogen) atoms. The van der Waals surface area contributed by atoms with Crippen LogP contribution in [0.25, 0.3) is 0 Å². The molecule has 1 N–H and O–H groups in total. The fourth-order valence-electron chi connectivity index (χ4n) is 3.25. The van der Waals surface area contributed by atoms with Crippen molar-refractivity contribution in [3.63, 3.8) is 0 Å². The molecule has 7 nitrogen and oxygen atoms in total. The van der Waals surface area contributed by atoms with Gasteiger partial charge >= 0.3 is 5.97 Å². The van der Waals surface area contributed by atoms with Gasteiger partial charge in [0.25, 0.3) is 5.91 Å². The van der Waals surface area contributed by atoms with E-state index in [2.05, 4.69) is 5.32 Å². The Morgan fingerprint density at radius 3 is 2.35 bits per heavy atom. The number of nitrogens with zero attached hydrogens (tertiary/aromatic N) is 1. The van der Waals surface area contributed by atoms with Crippen LogP contribution in [0.1, 0.15) is 18.4 Å². The topological polar surface area (TPSA) is 92.8 Å². The summed E-state index contributed by atoms with van der Waals surface area (Å²) in [4.78, 5) is 24.5. The van der Waals surface area contributed by atoms with Gasteiger partial charge in [0.05, 0.1) is 21.5 Å². The maximum absolute atomic E-state index is 12.7. The van der Waals surface area contributed by atoms with Crippen molar-refractivity contribution in [2.75, 3.05) is 25.0 Å². The number of benzene rings is 2. The zero-order chi connectivity index (χ0) is 22.6. The zero-order valence-electron chi connectivity index (χ0n) is 16.8. The second-order valence-electron chi connectivity index (χ2n) is 7.27. The van der Waals surface area contributed by atoms with Gasteiger partial charge in [-0.1, -0.05) is 29.3 Å².